The van der Waals surface area contributed by atoms with Gasteiger partial charge in [-0.05, 0) is 24.6 Å². The van der Waals surface area contributed by atoms with Crippen LogP contribution in [0.4, 0.5) is 8.78 Å². The van der Waals surface area contributed by atoms with Gasteiger partial charge in [0.1, 0.15) is 0 Å². The van der Waals surface area contributed by atoms with Crippen molar-refractivity contribution >= 4 is 0 Å². The highest BCUT2D eigenvalue weighted by atomic mass is 19.1. The fraction of sp³-hybridized carbons (Fsp3) is 0.455. The van der Waals surface area contributed by atoms with Crippen molar-refractivity contribution < 1.29 is 13.5 Å². The normalized spacial score (nSPS) is 9.00. The van der Waals surface area contributed by atoms with E-state index in [-0.39, 0.29) is 5.75 Å². The Kier molecular flexibility index (Phi) is 5.84. The van der Waals surface area contributed by atoms with Crippen LogP contribution in [-0.4, -0.2) is 7.11 Å². The van der Waals surface area contributed by atoms with E-state index >= 15 is 0 Å². The van der Waals surface area contributed by atoms with Gasteiger partial charge in [0.2, 0.25) is 0 Å². The number of rotatable bonds is 1. The van der Waals surface area contributed by atoms with E-state index in [1.54, 1.807) is 6.92 Å². The van der Waals surface area contributed by atoms with E-state index in [2.05, 4.69) is 18.6 Å². The van der Waals surface area contributed by atoms with Crippen molar-refractivity contribution in [2.75, 3.05) is 7.11 Å². The summed E-state index contributed by atoms with van der Waals surface area (Å²) in [5, 5.41) is 0. The zero-order valence-corrected chi connectivity index (χ0v) is 9.03. The summed E-state index contributed by atoms with van der Waals surface area (Å²) >= 11 is 0. The number of halogens is 2. The molecule has 0 aliphatic heterocycles. The van der Waals surface area contributed by atoms with Crippen LogP contribution in [-0.2, 0) is 0 Å². The maximum atomic E-state index is 12.7. The Bertz CT molecular complexity index is 262. The number of methoxy groups -OCH3 is 1. The van der Waals surface area contributed by atoms with Crippen LogP contribution >= 0.6 is 0 Å². The smallest absolute Gasteiger partial charge is 0.190 e. The SMILES string of the molecule is CCC.COc1c(F)cc(C)cc1F. The minimum Gasteiger partial charge on any atom is -0.491 e. The van der Waals surface area contributed by atoms with Crippen molar-refractivity contribution in [2.24, 2.45) is 0 Å². The Morgan fingerprint density at radius 1 is 1.14 bits per heavy atom. The standard InChI is InChI=1S/C8H8F2O.C3H8/c1-5-3-6(9)8(11-2)7(10)4-5;1-3-2/h3-4H,1-2H3;3H2,1-2H3. The number of hydrogen-bond donors (Lipinski definition) is 0. The molecule has 0 saturated carbocycles. The predicted molar refractivity (Wildman–Crippen MR) is 53.6 cm³/mol. The molecule has 1 aromatic carbocycles. The van der Waals surface area contributed by atoms with Gasteiger partial charge in [0.25, 0.3) is 0 Å². The second-order valence-corrected chi connectivity index (χ2v) is 2.97. The van der Waals surface area contributed by atoms with Crippen LogP contribution in [0.15, 0.2) is 12.1 Å². The molecule has 0 N–H and O–H groups in total. The van der Waals surface area contributed by atoms with Gasteiger partial charge < -0.3 is 4.74 Å². The van der Waals surface area contributed by atoms with E-state index in [1.165, 1.54) is 25.7 Å². The summed E-state index contributed by atoms with van der Waals surface area (Å²) in [4.78, 5) is 0. The maximum Gasteiger partial charge on any atom is 0.190 e. The number of aryl methyl sites for hydroxylation is 1. The molecule has 0 radical (unpaired) electrons. The number of benzene rings is 1. The molecule has 0 aliphatic rings. The van der Waals surface area contributed by atoms with Gasteiger partial charge in [0, 0.05) is 0 Å². The minimum absolute atomic E-state index is 0.324. The number of hydrogen-bond acceptors (Lipinski definition) is 1. The molecule has 0 aliphatic carbocycles. The first kappa shape index (κ1) is 12.9. The quantitative estimate of drug-likeness (QED) is 0.674. The van der Waals surface area contributed by atoms with E-state index in [4.69, 9.17) is 0 Å². The van der Waals surface area contributed by atoms with Crippen LogP contribution in [0.3, 0.4) is 0 Å². The van der Waals surface area contributed by atoms with Gasteiger partial charge in [-0.25, -0.2) is 8.78 Å². The molecule has 0 aromatic heterocycles. The Balaban J connectivity index is 0.000000500. The largest absolute Gasteiger partial charge is 0.491 e. The molecule has 0 saturated heterocycles. The van der Waals surface area contributed by atoms with Gasteiger partial charge in [-0.2, -0.15) is 0 Å². The monoisotopic (exact) mass is 202 g/mol. The van der Waals surface area contributed by atoms with E-state index < -0.39 is 11.6 Å². The van der Waals surface area contributed by atoms with E-state index in [1.807, 2.05) is 0 Å². The second kappa shape index (κ2) is 6.35. The summed E-state index contributed by atoms with van der Waals surface area (Å²) in [7, 11) is 1.23. The summed E-state index contributed by atoms with van der Waals surface area (Å²) in [6, 6.07) is 2.45. The van der Waals surface area contributed by atoms with Gasteiger partial charge in [0.05, 0.1) is 7.11 Å². The van der Waals surface area contributed by atoms with Gasteiger partial charge in [-0.3, -0.25) is 0 Å². The van der Waals surface area contributed by atoms with Crippen molar-refractivity contribution in [3.8, 4) is 5.75 Å². The fourth-order valence-corrected chi connectivity index (χ4v) is 0.882. The molecule has 0 heterocycles. The molecule has 1 aromatic rings. The molecule has 0 fully saturated rings. The Morgan fingerprint density at radius 2 is 1.50 bits per heavy atom. The molecule has 1 rings (SSSR count). The number of ether oxygens (including phenoxy) is 1. The second-order valence-electron chi connectivity index (χ2n) is 2.97. The van der Waals surface area contributed by atoms with Gasteiger partial charge >= 0.3 is 0 Å². The van der Waals surface area contributed by atoms with Gasteiger partial charge in [0.15, 0.2) is 17.4 Å². The molecule has 3 heteroatoms. The van der Waals surface area contributed by atoms with E-state index in [0.29, 0.717) is 5.56 Å². The Morgan fingerprint density at radius 3 is 1.79 bits per heavy atom. The molecule has 0 spiro atoms. The third-order valence-corrected chi connectivity index (χ3v) is 1.35. The fourth-order valence-electron chi connectivity index (χ4n) is 0.882. The zero-order chi connectivity index (χ0) is 11.1. The van der Waals surface area contributed by atoms with Crippen LogP contribution in [0.5, 0.6) is 5.75 Å². The summed E-state index contributed by atoms with van der Waals surface area (Å²) in [6.07, 6.45) is 1.25. The van der Waals surface area contributed by atoms with Gasteiger partial charge in [-0.15, -0.1) is 0 Å². The first-order chi connectivity index (χ1) is 6.56. The molecule has 0 atom stereocenters. The first-order valence-corrected chi connectivity index (χ1v) is 4.56. The highest BCUT2D eigenvalue weighted by Crippen LogP contribution is 2.21. The molecule has 0 amide bonds. The molecule has 14 heavy (non-hydrogen) atoms. The van der Waals surface area contributed by atoms with Crippen LogP contribution < -0.4 is 4.74 Å². The van der Waals surface area contributed by atoms with Crippen molar-refractivity contribution in [2.45, 2.75) is 27.2 Å². The van der Waals surface area contributed by atoms with Crippen LogP contribution in [0.25, 0.3) is 0 Å². The average molecular weight is 202 g/mol. The third-order valence-electron chi connectivity index (χ3n) is 1.35. The van der Waals surface area contributed by atoms with Crippen molar-refractivity contribution in [1.82, 2.24) is 0 Å². The molecular weight excluding hydrogens is 186 g/mol. The first-order valence-electron chi connectivity index (χ1n) is 4.56. The molecule has 80 valence electrons. The summed E-state index contributed by atoms with van der Waals surface area (Å²) in [5.41, 5.74) is 0.542. The highest BCUT2D eigenvalue weighted by Gasteiger charge is 2.08. The predicted octanol–water partition coefficient (Wildman–Crippen LogP) is 3.70. The summed E-state index contributed by atoms with van der Waals surface area (Å²) in [6.45, 7) is 5.87. The lowest BCUT2D eigenvalue weighted by Crippen LogP contribution is -1.92. The molecular formula is C11H16F2O. The Labute approximate surface area is 83.7 Å². The van der Waals surface area contributed by atoms with Crippen LogP contribution in [0.2, 0.25) is 0 Å². The van der Waals surface area contributed by atoms with Crippen molar-refractivity contribution in [1.29, 1.82) is 0 Å². The molecule has 1 nitrogen and oxygen atoms in total. The van der Waals surface area contributed by atoms with Crippen molar-refractivity contribution in [3.05, 3.63) is 29.3 Å². The summed E-state index contributed by atoms with van der Waals surface area (Å²) in [5.74, 6) is -1.65. The lowest BCUT2D eigenvalue weighted by atomic mass is 10.2. The topological polar surface area (TPSA) is 9.23 Å². The van der Waals surface area contributed by atoms with Crippen molar-refractivity contribution in [3.63, 3.8) is 0 Å². The zero-order valence-electron chi connectivity index (χ0n) is 9.03. The summed E-state index contributed by atoms with van der Waals surface area (Å²) < 4.78 is 30.0. The Hall–Kier alpha value is -1.12. The van der Waals surface area contributed by atoms with Gasteiger partial charge in [-0.1, -0.05) is 20.3 Å². The highest BCUT2D eigenvalue weighted by molar-refractivity contribution is 5.30. The third kappa shape index (κ3) is 3.73. The molecule has 0 unspecified atom stereocenters. The van der Waals surface area contributed by atoms with E-state index in [0.717, 1.165) is 0 Å². The lowest BCUT2D eigenvalue weighted by Gasteiger charge is -2.03. The maximum absolute atomic E-state index is 12.7. The average Bonchev–Trinajstić information content (AvgIpc) is 2.04. The molecule has 0 bridgehead atoms. The lowest BCUT2D eigenvalue weighted by molar-refractivity contribution is 0.359. The minimum atomic E-state index is -0.662. The van der Waals surface area contributed by atoms with Crippen LogP contribution in [0, 0.1) is 18.6 Å². The van der Waals surface area contributed by atoms with Crippen LogP contribution in [0.1, 0.15) is 25.8 Å². The van der Waals surface area contributed by atoms with E-state index in [9.17, 15) is 8.78 Å².